The van der Waals surface area contributed by atoms with E-state index in [9.17, 15) is 9.90 Å². The zero-order chi connectivity index (χ0) is 13.0. The van der Waals surface area contributed by atoms with Gasteiger partial charge in [0.15, 0.2) is 0 Å². The van der Waals surface area contributed by atoms with Gasteiger partial charge in [-0.05, 0) is 20.3 Å². The number of ketones is 1. The van der Waals surface area contributed by atoms with E-state index in [1.165, 1.54) is 0 Å². The SMILES string of the molecule is CCc1cn(CC(C)C(=O)CC(C)O)c(C)n1. The Morgan fingerprint density at radius 3 is 2.65 bits per heavy atom. The number of hydrogen-bond donors (Lipinski definition) is 1. The van der Waals surface area contributed by atoms with Gasteiger partial charge in [0.1, 0.15) is 11.6 Å². The van der Waals surface area contributed by atoms with Crippen LogP contribution in [-0.4, -0.2) is 26.5 Å². The number of aryl methyl sites for hydroxylation is 2. The van der Waals surface area contributed by atoms with E-state index in [2.05, 4.69) is 11.9 Å². The summed E-state index contributed by atoms with van der Waals surface area (Å²) in [4.78, 5) is 16.2. The van der Waals surface area contributed by atoms with Crippen molar-refractivity contribution in [2.24, 2.45) is 5.92 Å². The first-order valence-electron chi connectivity index (χ1n) is 6.17. The number of carbonyl (C=O) groups is 1. The molecule has 0 aliphatic carbocycles. The van der Waals surface area contributed by atoms with Crippen LogP contribution in [0.25, 0.3) is 0 Å². The van der Waals surface area contributed by atoms with Crippen LogP contribution in [0.15, 0.2) is 6.20 Å². The molecule has 1 rings (SSSR count). The Labute approximate surface area is 103 Å². The largest absolute Gasteiger partial charge is 0.393 e. The molecule has 0 fully saturated rings. The van der Waals surface area contributed by atoms with Crippen molar-refractivity contribution in [3.05, 3.63) is 17.7 Å². The van der Waals surface area contributed by atoms with Gasteiger partial charge in [-0.3, -0.25) is 4.79 Å². The summed E-state index contributed by atoms with van der Waals surface area (Å²) in [5.74, 6) is 0.965. The number of carbonyl (C=O) groups excluding carboxylic acids is 1. The Kier molecular flexibility index (Phi) is 4.87. The Balaban J connectivity index is 2.63. The Bertz CT molecular complexity index is 383. The second kappa shape index (κ2) is 5.96. The molecule has 2 atom stereocenters. The summed E-state index contributed by atoms with van der Waals surface area (Å²) in [5.41, 5.74) is 1.05. The number of rotatable bonds is 6. The highest BCUT2D eigenvalue weighted by Gasteiger charge is 2.16. The fourth-order valence-corrected chi connectivity index (χ4v) is 1.82. The summed E-state index contributed by atoms with van der Waals surface area (Å²) >= 11 is 0. The number of nitrogens with zero attached hydrogens (tertiary/aromatic N) is 2. The average molecular weight is 238 g/mol. The first-order valence-corrected chi connectivity index (χ1v) is 6.17. The molecule has 0 aromatic carbocycles. The Morgan fingerprint density at radius 1 is 1.53 bits per heavy atom. The highest BCUT2D eigenvalue weighted by atomic mass is 16.3. The van der Waals surface area contributed by atoms with Crippen LogP contribution < -0.4 is 0 Å². The van der Waals surface area contributed by atoms with E-state index < -0.39 is 6.10 Å². The van der Waals surface area contributed by atoms with Crippen molar-refractivity contribution in [2.45, 2.75) is 53.2 Å². The average Bonchev–Trinajstić information content (AvgIpc) is 2.58. The molecule has 0 aliphatic rings. The van der Waals surface area contributed by atoms with Gasteiger partial charge in [-0.15, -0.1) is 0 Å². The van der Waals surface area contributed by atoms with Crippen molar-refractivity contribution < 1.29 is 9.90 Å². The molecule has 2 unspecified atom stereocenters. The fraction of sp³-hybridized carbons (Fsp3) is 0.692. The maximum atomic E-state index is 11.8. The van der Waals surface area contributed by atoms with E-state index >= 15 is 0 Å². The van der Waals surface area contributed by atoms with Gasteiger partial charge < -0.3 is 9.67 Å². The molecule has 1 heterocycles. The van der Waals surface area contributed by atoms with Gasteiger partial charge in [0, 0.05) is 25.1 Å². The minimum Gasteiger partial charge on any atom is -0.393 e. The molecular weight excluding hydrogens is 216 g/mol. The molecule has 17 heavy (non-hydrogen) atoms. The molecule has 0 bridgehead atoms. The van der Waals surface area contributed by atoms with Gasteiger partial charge in [-0.2, -0.15) is 0 Å². The van der Waals surface area contributed by atoms with Crippen LogP contribution in [-0.2, 0) is 17.8 Å². The lowest BCUT2D eigenvalue weighted by Crippen LogP contribution is -2.21. The van der Waals surface area contributed by atoms with Crippen molar-refractivity contribution in [3.8, 4) is 0 Å². The smallest absolute Gasteiger partial charge is 0.140 e. The summed E-state index contributed by atoms with van der Waals surface area (Å²) in [6.07, 6.45) is 2.58. The van der Waals surface area contributed by atoms with E-state index in [-0.39, 0.29) is 18.1 Å². The van der Waals surface area contributed by atoms with Crippen LogP contribution in [0.2, 0.25) is 0 Å². The molecular formula is C13H22N2O2. The molecule has 1 aromatic rings. The summed E-state index contributed by atoms with van der Waals surface area (Å²) in [7, 11) is 0. The molecule has 0 spiro atoms. The topological polar surface area (TPSA) is 55.1 Å². The molecule has 0 saturated carbocycles. The van der Waals surface area contributed by atoms with Gasteiger partial charge in [-0.25, -0.2) is 4.98 Å². The Morgan fingerprint density at radius 2 is 2.18 bits per heavy atom. The van der Waals surface area contributed by atoms with Crippen molar-refractivity contribution in [1.82, 2.24) is 9.55 Å². The van der Waals surface area contributed by atoms with E-state index in [4.69, 9.17) is 0 Å². The maximum Gasteiger partial charge on any atom is 0.140 e. The zero-order valence-electron chi connectivity index (χ0n) is 11.1. The monoisotopic (exact) mass is 238 g/mol. The fourth-order valence-electron chi connectivity index (χ4n) is 1.82. The molecule has 0 amide bonds. The van der Waals surface area contributed by atoms with Gasteiger partial charge in [0.25, 0.3) is 0 Å². The lowest BCUT2D eigenvalue weighted by atomic mass is 10.0. The summed E-state index contributed by atoms with van der Waals surface area (Å²) in [5, 5.41) is 9.19. The van der Waals surface area contributed by atoms with E-state index in [1.807, 2.05) is 24.6 Å². The van der Waals surface area contributed by atoms with Crippen LogP contribution >= 0.6 is 0 Å². The third kappa shape index (κ3) is 3.97. The predicted molar refractivity (Wildman–Crippen MR) is 66.8 cm³/mol. The number of imidazole rings is 1. The number of aromatic nitrogens is 2. The molecule has 1 N–H and O–H groups in total. The quantitative estimate of drug-likeness (QED) is 0.821. The number of aliphatic hydroxyl groups is 1. The van der Waals surface area contributed by atoms with Crippen LogP contribution in [0.3, 0.4) is 0 Å². The van der Waals surface area contributed by atoms with Crippen molar-refractivity contribution >= 4 is 5.78 Å². The molecule has 0 aliphatic heterocycles. The van der Waals surface area contributed by atoms with E-state index in [1.54, 1.807) is 6.92 Å². The van der Waals surface area contributed by atoms with E-state index in [0.717, 1.165) is 17.9 Å². The number of aliphatic hydroxyl groups excluding tert-OH is 1. The lowest BCUT2D eigenvalue weighted by Gasteiger charge is -2.13. The second-order valence-corrected chi connectivity index (χ2v) is 4.71. The summed E-state index contributed by atoms with van der Waals surface area (Å²) in [6.45, 7) is 8.20. The Hall–Kier alpha value is -1.16. The van der Waals surface area contributed by atoms with Crippen molar-refractivity contribution in [1.29, 1.82) is 0 Å². The standard InChI is InChI=1S/C13H22N2O2/c1-5-12-8-15(11(4)14-12)7-9(2)13(17)6-10(3)16/h8-10,16H,5-7H2,1-4H3. The first-order chi connectivity index (χ1) is 7.93. The minimum absolute atomic E-state index is 0.0813. The molecule has 0 saturated heterocycles. The van der Waals surface area contributed by atoms with Crippen molar-refractivity contribution in [2.75, 3.05) is 0 Å². The third-order valence-electron chi connectivity index (χ3n) is 2.90. The number of hydrogen-bond acceptors (Lipinski definition) is 3. The minimum atomic E-state index is -0.556. The van der Waals surface area contributed by atoms with Gasteiger partial charge in [0.2, 0.25) is 0 Å². The normalized spacial score (nSPS) is 14.6. The predicted octanol–water partition coefficient (Wildman–Crippen LogP) is 1.73. The first kappa shape index (κ1) is 13.9. The second-order valence-electron chi connectivity index (χ2n) is 4.71. The number of Topliss-reactive ketones (excluding diaryl/α,β-unsaturated/α-hetero) is 1. The lowest BCUT2D eigenvalue weighted by molar-refractivity contribution is -0.124. The maximum absolute atomic E-state index is 11.8. The molecule has 1 aromatic heterocycles. The van der Waals surface area contributed by atoms with Gasteiger partial charge in [-0.1, -0.05) is 13.8 Å². The molecule has 4 heteroatoms. The third-order valence-corrected chi connectivity index (χ3v) is 2.90. The van der Waals surface area contributed by atoms with Crippen LogP contribution in [0.5, 0.6) is 0 Å². The highest BCUT2D eigenvalue weighted by Crippen LogP contribution is 2.10. The zero-order valence-corrected chi connectivity index (χ0v) is 11.1. The van der Waals surface area contributed by atoms with E-state index in [0.29, 0.717) is 6.54 Å². The van der Waals surface area contributed by atoms with Crippen LogP contribution in [0, 0.1) is 12.8 Å². The molecule has 4 nitrogen and oxygen atoms in total. The van der Waals surface area contributed by atoms with Crippen molar-refractivity contribution in [3.63, 3.8) is 0 Å². The van der Waals surface area contributed by atoms with Crippen LogP contribution in [0.1, 0.15) is 38.7 Å². The van der Waals surface area contributed by atoms with Crippen LogP contribution in [0.4, 0.5) is 0 Å². The highest BCUT2D eigenvalue weighted by molar-refractivity contribution is 5.80. The summed E-state index contributed by atoms with van der Waals surface area (Å²) < 4.78 is 2.02. The van der Waals surface area contributed by atoms with Gasteiger partial charge >= 0.3 is 0 Å². The summed E-state index contributed by atoms with van der Waals surface area (Å²) in [6, 6.07) is 0. The molecule has 96 valence electrons. The molecule has 0 radical (unpaired) electrons. The van der Waals surface area contributed by atoms with Gasteiger partial charge in [0.05, 0.1) is 11.8 Å².